The molecule has 0 spiro atoms. The van der Waals surface area contributed by atoms with Gasteiger partial charge in [0.1, 0.15) is 6.04 Å². The van der Waals surface area contributed by atoms with Crippen LogP contribution in [0.4, 0.5) is 0 Å². The van der Waals surface area contributed by atoms with Gasteiger partial charge in [0, 0.05) is 13.0 Å². The molecule has 8 nitrogen and oxygen atoms in total. The van der Waals surface area contributed by atoms with Gasteiger partial charge in [0.15, 0.2) is 0 Å². The second-order valence-electron chi connectivity index (χ2n) is 5.10. The summed E-state index contributed by atoms with van der Waals surface area (Å²) in [5, 5.41) is 19.9. The van der Waals surface area contributed by atoms with Crippen LogP contribution in [0.3, 0.4) is 0 Å². The van der Waals surface area contributed by atoms with Crippen molar-refractivity contribution in [3.63, 3.8) is 0 Å². The fourth-order valence-electron chi connectivity index (χ4n) is 2.47. The topological polar surface area (TPSA) is 133 Å². The first-order valence-corrected chi connectivity index (χ1v) is 8.67. The first-order valence-electron chi connectivity index (χ1n) is 6.94. The van der Waals surface area contributed by atoms with Crippen LogP contribution < -0.4 is 5.09 Å². The molecule has 4 atom stereocenters. The molecule has 4 unspecified atom stereocenters. The summed E-state index contributed by atoms with van der Waals surface area (Å²) < 4.78 is 17.9. The average Bonchev–Trinajstić information content (AvgIpc) is 2.88. The molecule has 0 bridgehead atoms. The average molecular weight is 323 g/mol. The summed E-state index contributed by atoms with van der Waals surface area (Å²) in [7, 11) is -3.97. The number of aliphatic carboxylic acids is 2. The maximum atomic E-state index is 12.4. The van der Waals surface area contributed by atoms with E-state index in [1.807, 2.05) is 0 Å². The SMILES string of the molecule is CCC(C1CCCO1)P(=O)(O)NC(CCC(=O)O)C(=O)O. The molecule has 1 rings (SSSR count). The summed E-state index contributed by atoms with van der Waals surface area (Å²) >= 11 is 0. The number of ether oxygens (including phenoxy) is 1. The summed E-state index contributed by atoms with van der Waals surface area (Å²) in [6.07, 6.45) is 0.835. The summed E-state index contributed by atoms with van der Waals surface area (Å²) in [5.74, 6) is -2.49. The molecular weight excluding hydrogens is 301 g/mol. The zero-order valence-electron chi connectivity index (χ0n) is 11.9. The lowest BCUT2D eigenvalue weighted by Crippen LogP contribution is -2.40. The number of carboxylic acid groups (broad SMARTS) is 2. The Balaban J connectivity index is 2.75. The zero-order valence-corrected chi connectivity index (χ0v) is 12.8. The van der Waals surface area contributed by atoms with E-state index in [2.05, 4.69) is 5.09 Å². The Kier molecular flexibility index (Phi) is 6.80. The molecule has 9 heteroatoms. The van der Waals surface area contributed by atoms with Crippen LogP contribution in [-0.4, -0.2) is 51.5 Å². The van der Waals surface area contributed by atoms with E-state index < -0.39 is 31.2 Å². The van der Waals surface area contributed by atoms with E-state index in [1.54, 1.807) is 6.92 Å². The number of hydrogen-bond donors (Lipinski definition) is 4. The molecule has 1 heterocycles. The highest BCUT2D eigenvalue weighted by Gasteiger charge is 2.40. The van der Waals surface area contributed by atoms with Gasteiger partial charge in [-0.25, -0.2) is 5.09 Å². The second kappa shape index (κ2) is 7.89. The van der Waals surface area contributed by atoms with Crippen LogP contribution in [0.25, 0.3) is 0 Å². The van der Waals surface area contributed by atoms with Crippen LogP contribution in [0.2, 0.25) is 0 Å². The smallest absolute Gasteiger partial charge is 0.321 e. The summed E-state index contributed by atoms with van der Waals surface area (Å²) in [6, 6.07) is -1.37. The van der Waals surface area contributed by atoms with E-state index in [9.17, 15) is 19.0 Å². The normalized spacial score (nSPS) is 24.2. The minimum absolute atomic E-state index is 0.253. The molecule has 21 heavy (non-hydrogen) atoms. The Bertz CT molecular complexity index is 422. The van der Waals surface area contributed by atoms with Crippen molar-refractivity contribution in [3.8, 4) is 0 Å². The molecule has 1 saturated heterocycles. The van der Waals surface area contributed by atoms with E-state index in [-0.39, 0.29) is 18.9 Å². The molecule has 0 saturated carbocycles. The summed E-state index contributed by atoms with van der Waals surface area (Å²) in [6.45, 7) is 2.27. The van der Waals surface area contributed by atoms with Crippen LogP contribution in [-0.2, 0) is 18.9 Å². The second-order valence-corrected chi connectivity index (χ2v) is 7.27. The highest BCUT2D eigenvalue weighted by Crippen LogP contribution is 2.48. The van der Waals surface area contributed by atoms with Gasteiger partial charge in [-0.05, 0) is 25.7 Å². The third-order valence-electron chi connectivity index (χ3n) is 3.55. The van der Waals surface area contributed by atoms with E-state index in [1.165, 1.54) is 0 Å². The van der Waals surface area contributed by atoms with Crippen molar-refractivity contribution in [2.24, 2.45) is 0 Å². The minimum Gasteiger partial charge on any atom is -0.481 e. The molecule has 122 valence electrons. The third kappa shape index (κ3) is 5.39. The number of nitrogens with one attached hydrogen (secondary N) is 1. The first-order chi connectivity index (χ1) is 9.77. The standard InChI is InChI=1S/C12H22NO7P/c1-2-10(9-4-3-7-20-9)21(18,19)13-8(12(16)17)5-6-11(14)15/h8-10H,2-7H2,1H3,(H,14,15)(H,16,17)(H2,13,18,19). The molecule has 0 aromatic carbocycles. The van der Waals surface area contributed by atoms with Crippen molar-refractivity contribution in [1.82, 2.24) is 5.09 Å². The van der Waals surface area contributed by atoms with Gasteiger partial charge in [-0.3, -0.25) is 14.2 Å². The van der Waals surface area contributed by atoms with Crippen LogP contribution in [0, 0.1) is 0 Å². The van der Waals surface area contributed by atoms with Gasteiger partial charge >= 0.3 is 11.9 Å². The molecule has 1 aliphatic heterocycles. The van der Waals surface area contributed by atoms with Crippen molar-refractivity contribution >= 4 is 19.5 Å². The van der Waals surface area contributed by atoms with Crippen LogP contribution in [0.5, 0.6) is 0 Å². The van der Waals surface area contributed by atoms with Gasteiger partial charge in [0.25, 0.3) is 7.52 Å². The molecule has 0 aliphatic carbocycles. The Morgan fingerprint density at radius 3 is 2.52 bits per heavy atom. The number of rotatable bonds is 9. The maximum absolute atomic E-state index is 12.4. The summed E-state index contributed by atoms with van der Waals surface area (Å²) in [5.41, 5.74) is -0.688. The Hall–Kier alpha value is -0.950. The number of carbonyl (C=O) groups is 2. The van der Waals surface area contributed by atoms with E-state index >= 15 is 0 Å². The van der Waals surface area contributed by atoms with Crippen molar-refractivity contribution in [3.05, 3.63) is 0 Å². The fraction of sp³-hybridized carbons (Fsp3) is 0.833. The third-order valence-corrected chi connectivity index (χ3v) is 5.83. The van der Waals surface area contributed by atoms with Gasteiger partial charge in [0.2, 0.25) is 0 Å². The van der Waals surface area contributed by atoms with Crippen molar-refractivity contribution in [1.29, 1.82) is 0 Å². The maximum Gasteiger partial charge on any atom is 0.321 e. The lowest BCUT2D eigenvalue weighted by molar-refractivity contribution is -0.140. The van der Waals surface area contributed by atoms with Gasteiger partial charge in [-0.1, -0.05) is 6.92 Å². The fourth-order valence-corrected chi connectivity index (χ4v) is 4.53. The minimum atomic E-state index is -3.97. The predicted molar refractivity (Wildman–Crippen MR) is 74.3 cm³/mol. The van der Waals surface area contributed by atoms with Gasteiger partial charge in [-0.2, -0.15) is 0 Å². The van der Waals surface area contributed by atoms with Crippen molar-refractivity contribution < 1.29 is 34.0 Å². The molecule has 1 aliphatic rings. The van der Waals surface area contributed by atoms with E-state index in [0.717, 1.165) is 6.42 Å². The van der Waals surface area contributed by atoms with Crippen molar-refractivity contribution in [2.75, 3.05) is 6.61 Å². The Morgan fingerprint density at radius 2 is 2.10 bits per heavy atom. The quantitative estimate of drug-likeness (QED) is 0.462. The molecule has 0 aromatic rings. The molecule has 0 radical (unpaired) electrons. The largest absolute Gasteiger partial charge is 0.481 e. The first kappa shape index (κ1) is 18.1. The molecular formula is C12H22NO7P. The van der Waals surface area contributed by atoms with E-state index in [0.29, 0.717) is 19.4 Å². The van der Waals surface area contributed by atoms with Gasteiger partial charge in [-0.15, -0.1) is 0 Å². The molecule has 0 aromatic heterocycles. The number of carboxylic acids is 2. The van der Waals surface area contributed by atoms with Gasteiger partial charge < -0.3 is 19.8 Å². The Labute approximate surface area is 123 Å². The van der Waals surface area contributed by atoms with Crippen LogP contribution in [0.15, 0.2) is 0 Å². The van der Waals surface area contributed by atoms with Crippen LogP contribution >= 0.6 is 7.52 Å². The van der Waals surface area contributed by atoms with Crippen molar-refractivity contribution in [2.45, 2.75) is 56.8 Å². The monoisotopic (exact) mass is 323 g/mol. The molecule has 1 fully saturated rings. The lowest BCUT2D eigenvalue weighted by Gasteiger charge is -2.29. The summed E-state index contributed by atoms with van der Waals surface area (Å²) in [4.78, 5) is 31.8. The van der Waals surface area contributed by atoms with E-state index in [4.69, 9.17) is 14.9 Å². The lowest BCUT2D eigenvalue weighted by atomic mass is 10.1. The van der Waals surface area contributed by atoms with Gasteiger partial charge in [0.05, 0.1) is 11.8 Å². The number of hydrogen-bond acceptors (Lipinski definition) is 4. The molecule has 4 N–H and O–H groups in total. The van der Waals surface area contributed by atoms with Crippen LogP contribution in [0.1, 0.15) is 39.0 Å². The Morgan fingerprint density at radius 1 is 1.43 bits per heavy atom. The zero-order chi connectivity index (χ0) is 16.0. The highest BCUT2D eigenvalue weighted by molar-refractivity contribution is 7.56. The highest BCUT2D eigenvalue weighted by atomic mass is 31.2. The predicted octanol–water partition coefficient (Wildman–Crippen LogP) is 1.04. The molecule has 0 amide bonds.